The zero-order chi connectivity index (χ0) is 12.8. The predicted molar refractivity (Wildman–Crippen MR) is 67.3 cm³/mol. The van der Waals surface area contributed by atoms with Gasteiger partial charge in [0.15, 0.2) is 0 Å². The van der Waals surface area contributed by atoms with E-state index in [0.29, 0.717) is 13.1 Å². The SMILES string of the molecule is COc1ccc(CNCC(O)CO)c(C)c1C. The van der Waals surface area contributed by atoms with Gasteiger partial charge in [-0.2, -0.15) is 0 Å². The number of hydrogen-bond acceptors (Lipinski definition) is 4. The standard InChI is InChI=1S/C13H21NO3/c1-9-10(2)13(17-3)5-4-11(9)6-14-7-12(16)8-15/h4-5,12,14-16H,6-8H2,1-3H3. The van der Waals surface area contributed by atoms with Crippen molar-refractivity contribution in [3.8, 4) is 5.75 Å². The first-order valence-corrected chi connectivity index (χ1v) is 5.72. The number of hydrogen-bond donors (Lipinski definition) is 3. The van der Waals surface area contributed by atoms with Gasteiger partial charge in [-0.3, -0.25) is 0 Å². The van der Waals surface area contributed by atoms with E-state index in [2.05, 4.69) is 12.2 Å². The van der Waals surface area contributed by atoms with Crippen molar-refractivity contribution in [2.24, 2.45) is 0 Å². The second kappa shape index (κ2) is 6.59. The molecule has 1 aromatic rings. The summed E-state index contributed by atoms with van der Waals surface area (Å²) in [6, 6.07) is 3.96. The van der Waals surface area contributed by atoms with Gasteiger partial charge in [-0.05, 0) is 36.6 Å². The number of benzene rings is 1. The summed E-state index contributed by atoms with van der Waals surface area (Å²) in [6.07, 6.45) is -0.699. The van der Waals surface area contributed by atoms with E-state index in [9.17, 15) is 5.11 Å². The molecule has 0 aliphatic carbocycles. The molecule has 3 N–H and O–H groups in total. The van der Waals surface area contributed by atoms with E-state index < -0.39 is 6.10 Å². The summed E-state index contributed by atoms with van der Waals surface area (Å²) < 4.78 is 5.25. The largest absolute Gasteiger partial charge is 0.496 e. The molecular formula is C13H21NO3. The van der Waals surface area contributed by atoms with E-state index in [4.69, 9.17) is 9.84 Å². The highest BCUT2D eigenvalue weighted by Crippen LogP contribution is 2.23. The van der Waals surface area contributed by atoms with Gasteiger partial charge >= 0.3 is 0 Å². The highest BCUT2D eigenvalue weighted by Gasteiger charge is 2.07. The molecule has 0 heterocycles. The smallest absolute Gasteiger partial charge is 0.122 e. The molecule has 4 heteroatoms. The average Bonchev–Trinajstić information content (AvgIpc) is 2.34. The zero-order valence-corrected chi connectivity index (χ0v) is 10.7. The number of rotatable bonds is 6. The topological polar surface area (TPSA) is 61.7 Å². The lowest BCUT2D eigenvalue weighted by Gasteiger charge is -2.14. The maximum absolute atomic E-state index is 9.21. The van der Waals surface area contributed by atoms with Gasteiger partial charge in [-0.15, -0.1) is 0 Å². The van der Waals surface area contributed by atoms with Gasteiger partial charge in [0.05, 0.1) is 19.8 Å². The predicted octanol–water partition coefficient (Wildman–Crippen LogP) is 0.755. The van der Waals surface area contributed by atoms with Gasteiger partial charge in [0.2, 0.25) is 0 Å². The summed E-state index contributed by atoms with van der Waals surface area (Å²) in [6.45, 7) is 4.93. The van der Waals surface area contributed by atoms with E-state index in [0.717, 1.165) is 11.3 Å². The van der Waals surface area contributed by atoms with Crippen LogP contribution in [0.1, 0.15) is 16.7 Å². The molecule has 17 heavy (non-hydrogen) atoms. The average molecular weight is 239 g/mol. The van der Waals surface area contributed by atoms with E-state index in [-0.39, 0.29) is 6.61 Å². The van der Waals surface area contributed by atoms with Crippen molar-refractivity contribution < 1.29 is 14.9 Å². The van der Waals surface area contributed by atoms with Crippen LogP contribution >= 0.6 is 0 Å². The van der Waals surface area contributed by atoms with E-state index in [1.165, 1.54) is 11.1 Å². The fraction of sp³-hybridized carbons (Fsp3) is 0.538. The highest BCUT2D eigenvalue weighted by molar-refractivity contribution is 5.43. The van der Waals surface area contributed by atoms with Gasteiger partial charge in [0.25, 0.3) is 0 Å². The van der Waals surface area contributed by atoms with Crippen LogP contribution in [0, 0.1) is 13.8 Å². The highest BCUT2D eigenvalue weighted by atomic mass is 16.5. The zero-order valence-electron chi connectivity index (χ0n) is 10.7. The van der Waals surface area contributed by atoms with Crippen LogP contribution in [0.4, 0.5) is 0 Å². The number of methoxy groups -OCH3 is 1. The van der Waals surface area contributed by atoms with Gasteiger partial charge in [0.1, 0.15) is 5.75 Å². The lowest BCUT2D eigenvalue weighted by Crippen LogP contribution is -2.29. The van der Waals surface area contributed by atoms with Crippen molar-refractivity contribution in [1.29, 1.82) is 0 Å². The minimum absolute atomic E-state index is 0.215. The van der Waals surface area contributed by atoms with Crippen LogP contribution in [0.15, 0.2) is 12.1 Å². The fourth-order valence-electron chi connectivity index (χ4n) is 1.70. The molecule has 0 radical (unpaired) electrons. The summed E-state index contributed by atoms with van der Waals surface area (Å²) in [5.41, 5.74) is 3.50. The van der Waals surface area contributed by atoms with Crippen LogP contribution in [0.25, 0.3) is 0 Å². The Labute approximate surface area is 102 Å². The Hall–Kier alpha value is -1.10. The first-order valence-electron chi connectivity index (χ1n) is 5.72. The van der Waals surface area contributed by atoms with Crippen molar-refractivity contribution in [3.05, 3.63) is 28.8 Å². The summed E-state index contributed by atoms with van der Waals surface area (Å²) >= 11 is 0. The van der Waals surface area contributed by atoms with Crippen LogP contribution in [0.5, 0.6) is 5.75 Å². The fourth-order valence-corrected chi connectivity index (χ4v) is 1.70. The van der Waals surface area contributed by atoms with Crippen molar-refractivity contribution in [3.63, 3.8) is 0 Å². The minimum Gasteiger partial charge on any atom is -0.496 e. The van der Waals surface area contributed by atoms with Crippen LogP contribution in [-0.2, 0) is 6.54 Å². The maximum Gasteiger partial charge on any atom is 0.122 e. The Morgan fingerprint density at radius 2 is 2.00 bits per heavy atom. The van der Waals surface area contributed by atoms with E-state index >= 15 is 0 Å². The van der Waals surface area contributed by atoms with Crippen LogP contribution in [0.2, 0.25) is 0 Å². The molecule has 1 rings (SSSR count). The van der Waals surface area contributed by atoms with Crippen molar-refractivity contribution >= 4 is 0 Å². The van der Waals surface area contributed by atoms with Gasteiger partial charge < -0.3 is 20.3 Å². The lowest BCUT2D eigenvalue weighted by atomic mass is 10.0. The Balaban J connectivity index is 2.63. The van der Waals surface area contributed by atoms with E-state index in [1.54, 1.807) is 7.11 Å². The maximum atomic E-state index is 9.21. The molecule has 0 saturated heterocycles. The number of aliphatic hydroxyl groups excluding tert-OH is 2. The molecule has 0 aliphatic heterocycles. The molecule has 0 bridgehead atoms. The molecule has 1 unspecified atom stereocenters. The minimum atomic E-state index is -0.699. The molecule has 0 fully saturated rings. The Bertz CT molecular complexity index is 366. The third-order valence-electron chi connectivity index (χ3n) is 2.98. The second-order valence-corrected chi connectivity index (χ2v) is 4.14. The first kappa shape index (κ1) is 14.0. The normalized spacial score (nSPS) is 12.5. The molecular weight excluding hydrogens is 218 g/mol. The van der Waals surface area contributed by atoms with Crippen molar-refractivity contribution in [1.82, 2.24) is 5.32 Å². The molecule has 0 saturated carbocycles. The molecule has 1 atom stereocenters. The quantitative estimate of drug-likeness (QED) is 0.685. The van der Waals surface area contributed by atoms with Gasteiger partial charge in [-0.25, -0.2) is 0 Å². The Morgan fingerprint density at radius 3 is 2.59 bits per heavy atom. The molecule has 96 valence electrons. The number of aliphatic hydroxyl groups is 2. The van der Waals surface area contributed by atoms with E-state index in [1.807, 2.05) is 19.1 Å². The number of nitrogens with one attached hydrogen (secondary N) is 1. The third kappa shape index (κ3) is 3.70. The van der Waals surface area contributed by atoms with Gasteiger partial charge in [0, 0.05) is 13.1 Å². The monoisotopic (exact) mass is 239 g/mol. The molecule has 4 nitrogen and oxygen atoms in total. The second-order valence-electron chi connectivity index (χ2n) is 4.14. The van der Waals surface area contributed by atoms with Crippen molar-refractivity contribution in [2.75, 3.05) is 20.3 Å². The first-order chi connectivity index (χ1) is 8.10. The van der Waals surface area contributed by atoms with Crippen LogP contribution in [0.3, 0.4) is 0 Å². The number of ether oxygens (including phenoxy) is 1. The molecule has 0 spiro atoms. The van der Waals surface area contributed by atoms with Gasteiger partial charge in [-0.1, -0.05) is 6.07 Å². The summed E-state index contributed by atoms with van der Waals surface area (Å²) in [5.74, 6) is 0.890. The molecule has 0 aliphatic rings. The van der Waals surface area contributed by atoms with Crippen LogP contribution in [-0.4, -0.2) is 36.6 Å². The third-order valence-corrected chi connectivity index (χ3v) is 2.98. The molecule has 0 aromatic heterocycles. The Kier molecular flexibility index (Phi) is 5.41. The summed E-state index contributed by atoms with van der Waals surface area (Å²) in [5, 5.41) is 21.0. The molecule has 0 amide bonds. The lowest BCUT2D eigenvalue weighted by molar-refractivity contribution is 0.0942. The molecule has 1 aromatic carbocycles. The van der Waals surface area contributed by atoms with Crippen LogP contribution < -0.4 is 10.1 Å². The van der Waals surface area contributed by atoms with Crippen molar-refractivity contribution in [2.45, 2.75) is 26.5 Å². The summed E-state index contributed by atoms with van der Waals surface area (Å²) in [7, 11) is 1.66. The summed E-state index contributed by atoms with van der Waals surface area (Å²) in [4.78, 5) is 0. The Morgan fingerprint density at radius 1 is 1.29 bits per heavy atom.